The lowest BCUT2D eigenvalue weighted by Gasteiger charge is -2.09. The van der Waals surface area contributed by atoms with Crippen LogP contribution in [0.15, 0.2) is 21.6 Å². The fourth-order valence-electron chi connectivity index (χ4n) is 0.816. The smallest absolute Gasteiger partial charge is 0.228 e. The van der Waals surface area contributed by atoms with Crippen molar-refractivity contribution in [2.45, 2.75) is 24.8 Å². The van der Waals surface area contributed by atoms with Gasteiger partial charge in [0.1, 0.15) is 0 Å². The van der Waals surface area contributed by atoms with Crippen LogP contribution in [0, 0.1) is 0 Å². The first-order chi connectivity index (χ1) is 6.63. The van der Waals surface area contributed by atoms with Crippen molar-refractivity contribution in [3.63, 3.8) is 0 Å². The summed E-state index contributed by atoms with van der Waals surface area (Å²) in [5.74, 6) is 0.645. The number of nitrogens with one attached hydrogen (secondary N) is 1. The van der Waals surface area contributed by atoms with Crippen LogP contribution in [0.3, 0.4) is 0 Å². The van der Waals surface area contributed by atoms with Crippen molar-refractivity contribution < 1.29 is 4.74 Å². The van der Waals surface area contributed by atoms with Gasteiger partial charge in [0.25, 0.3) is 0 Å². The van der Waals surface area contributed by atoms with E-state index in [4.69, 9.17) is 4.74 Å². The second kappa shape index (κ2) is 5.58. The molecule has 0 aromatic carbocycles. The summed E-state index contributed by atoms with van der Waals surface area (Å²) in [6.45, 7) is 4.18. The van der Waals surface area contributed by atoms with E-state index in [9.17, 15) is 0 Å². The number of methoxy groups -OCH3 is 1. The van der Waals surface area contributed by atoms with E-state index in [1.54, 1.807) is 13.3 Å². The Morgan fingerprint density at radius 2 is 2.29 bits per heavy atom. The second-order valence-corrected chi connectivity index (χ2v) is 4.83. The van der Waals surface area contributed by atoms with Crippen LogP contribution < -0.4 is 9.46 Å². The molecule has 1 N–H and O–H groups in total. The average Bonchev–Trinajstić information content (AvgIpc) is 2.15. The quantitative estimate of drug-likeness (QED) is 0.858. The number of halogens is 1. The Morgan fingerprint density at radius 3 is 2.86 bits per heavy atom. The third-order valence-electron chi connectivity index (χ3n) is 1.38. The minimum atomic E-state index is 0.420. The Kier molecular flexibility index (Phi) is 4.71. The summed E-state index contributed by atoms with van der Waals surface area (Å²) in [4.78, 5) is 5.13. The van der Waals surface area contributed by atoms with Gasteiger partial charge in [-0.15, -0.1) is 0 Å². The Bertz CT molecular complexity index is 307. The third kappa shape index (κ3) is 3.48. The SMILES string of the molecule is COc1ncc(Br)cc1SNC(C)C. The van der Waals surface area contributed by atoms with Gasteiger partial charge in [-0.25, -0.2) is 4.98 Å². The largest absolute Gasteiger partial charge is 0.480 e. The van der Waals surface area contributed by atoms with Gasteiger partial charge in [-0.05, 0) is 47.8 Å². The molecule has 5 heteroatoms. The van der Waals surface area contributed by atoms with E-state index < -0.39 is 0 Å². The average molecular weight is 277 g/mol. The lowest BCUT2D eigenvalue weighted by atomic mass is 10.4. The fraction of sp³-hybridized carbons (Fsp3) is 0.444. The molecule has 0 saturated heterocycles. The van der Waals surface area contributed by atoms with Crippen molar-refractivity contribution in [3.05, 3.63) is 16.7 Å². The molecule has 1 aromatic rings. The normalized spacial score (nSPS) is 10.6. The molecule has 0 spiro atoms. The first kappa shape index (κ1) is 11.8. The van der Waals surface area contributed by atoms with Crippen LogP contribution in [0.1, 0.15) is 13.8 Å². The van der Waals surface area contributed by atoms with E-state index in [2.05, 4.69) is 39.5 Å². The number of pyridine rings is 1. The van der Waals surface area contributed by atoms with Crippen LogP contribution in [0.25, 0.3) is 0 Å². The summed E-state index contributed by atoms with van der Waals surface area (Å²) < 4.78 is 9.33. The van der Waals surface area contributed by atoms with Gasteiger partial charge in [-0.3, -0.25) is 4.72 Å². The molecular formula is C9H13BrN2OS. The van der Waals surface area contributed by atoms with Crippen LogP contribution in [0.4, 0.5) is 0 Å². The highest BCUT2D eigenvalue weighted by Crippen LogP contribution is 2.27. The number of nitrogens with zero attached hydrogens (tertiary/aromatic N) is 1. The maximum Gasteiger partial charge on any atom is 0.228 e. The minimum Gasteiger partial charge on any atom is -0.480 e. The van der Waals surface area contributed by atoms with E-state index in [0.29, 0.717) is 11.9 Å². The fourth-order valence-corrected chi connectivity index (χ4v) is 2.07. The zero-order valence-corrected chi connectivity index (χ0v) is 10.8. The van der Waals surface area contributed by atoms with Gasteiger partial charge in [0.05, 0.1) is 12.0 Å². The number of rotatable bonds is 4. The van der Waals surface area contributed by atoms with Crippen molar-refractivity contribution in [3.8, 4) is 5.88 Å². The number of ether oxygens (including phenoxy) is 1. The molecule has 1 aromatic heterocycles. The van der Waals surface area contributed by atoms with E-state index in [-0.39, 0.29) is 0 Å². The van der Waals surface area contributed by atoms with E-state index in [0.717, 1.165) is 9.37 Å². The molecule has 3 nitrogen and oxygen atoms in total. The molecule has 1 rings (SSSR count). The summed E-state index contributed by atoms with van der Waals surface area (Å²) in [7, 11) is 1.62. The zero-order chi connectivity index (χ0) is 10.6. The van der Waals surface area contributed by atoms with Gasteiger partial charge in [0, 0.05) is 16.7 Å². The Morgan fingerprint density at radius 1 is 1.57 bits per heavy atom. The third-order valence-corrected chi connectivity index (χ3v) is 2.92. The minimum absolute atomic E-state index is 0.420. The molecule has 78 valence electrons. The van der Waals surface area contributed by atoms with Crippen LogP contribution in [0.2, 0.25) is 0 Å². The highest BCUT2D eigenvalue weighted by Gasteiger charge is 2.06. The Labute approximate surface area is 96.9 Å². The second-order valence-electron chi connectivity index (χ2n) is 3.04. The molecule has 0 radical (unpaired) electrons. The van der Waals surface area contributed by atoms with Crippen LogP contribution >= 0.6 is 27.9 Å². The van der Waals surface area contributed by atoms with Crippen LogP contribution in [0.5, 0.6) is 5.88 Å². The van der Waals surface area contributed by atoms with Crippen LogP contribution in [-0.2, 0) is 0 Å². The summed E-state index contributed by atoms with van der Waals surface area (Å²) in [5, 5.41) is 0. The maximum absolute atomic E-state index is 5.14. The Hall–Kier alpha value is -0.260. The molecule has 0 bridgehead atoms. The summed E-state index contributed by atoms with van der Waals surface area (Å²) in [6, 6.07) is 2.40. The number of hydrogen-bond acceptors (Lipinski definition) is 4. The molecule has 0 aliphatic heterocycles. The summed E-state index contributed by atoms with van der Waals surface area (Å²) >= 11 is 4.90. The van der Waals surface area contributed by atoms with E-state index in [1.165, 1.54) is 11.9 Å². The molecule has 0 unspecified atom stereocenters. The van der Waals surface area contributed by atoms with Crippen molar-refractivity contribution in [1.29, 1.82) is 0 Å². The van der Waals surface area contributed by atoms with Gasteiger partial charge < -0.3 is 4.74 Å². The molecule has 0 saturated carbocycles. The van der Waals surface area contributed by atoms with Gasteiger partial charge in [0.15, 0.2) is 0 Å². The highest BCUT2D eigenvalue weighted by molar-refractivity contribution is 9.10. The van der Waals surface area contributed by atoms with Crippen molar-refractivity contribution in [1.82, 2.24) is 9.71 Å². The number of aromatic nitrogens is 1. The lowest BCUT2D eigenvalue weighted by molar-refractivity contribution is 0.387. The molecule has 0 atom stereocenters. The first-order valence-corrected chi connectivity index (χ1v) is 5.86. The van der Waals surface area contributed by atoms with Crippen molar-refractivity contribution in [2.75, 3.05) is 7.11 Å². The van der Waals surface area contributed by atoms with Gasteiger partial charge in [0.2, 0.25) is 5.88 Å². The van der Waals surface area contributed by atoms with Gasteiger partial charge in [-0.1, -0.05) is 0 Å². The zero-order valence-electron chi connectivity index (χ0n) is 8.37. The molecule has 14 heavy (non-hydrogen) atoms. The maximum atomic E-state index is 5.14. The van der Waals surface area contributed by atoms with Gasteiger partial charge in [-0.2, -0.15) is 0 Å². The predicted molar refractivity (Wildman–Crippen MR) is 62.6 cm³/mol. The van der Waals surface area contributed by atoms with E-state index in [1.807, 2.05) is 6.07 Å². The highest BCUT2D eigenvalue weighted by atomic mass is 79.9. The number of hydrogen-bond donors (Lipinski definition) is 1. The van der Waals surface area contributed by atoms with Crippen molar-refractivity contribution >= 4 is 27.9 Å². The van der Waals surface area contributed by atoms with Gasteiger partial charge >= 0.3 is 0 Å². The molecule has 1 heterocycles. The molecule has 0 aliphatic rings. The Balaban J connectivity index is 2.77. The first-order valence-electron chi connectivity index (χ1n) is 4.25. The molecule has 0 fully saturated rings. The van der Waals surface area contributed by atoms with Crippen LogP contribution in [-0.4, -0.2) is 18.1 Å². The van der Waals surface area contributed by atoms with Crippen molar-refractivity contribution in [2.24, 2.45) is 0 Å². The summed E-state index contributed by atoms with van der Waals surface area (Å²) in [5.41, 5.74) is 0. The molecule has 0 amide bonds. The molecular weight excluding hydrogens is 264 g/mol. The monoisotopic (exact) mass is 276 g/mol. The summed E-state index contributed by atoms with van der Waals surface area (Å²) in [6.07, 6.45) is 1.72. The molecule has 0 aliphatic carbocycles. The van der Waals surface area contributed by atoms with E-state index >= 15 is 0 Å². The lowest BCUT2D eigenvalue weighted by Crippen LogP contribution is -2.13. The predicted octanol–water partition coefficient (Wildman–Crippen LogP) is 2.86. The standard InChI is InChI=1S/C9H13BrN2OS/c1-6(2)12-14-8-4-7(10)5-11-9(8)13-3/h4-6,12H,1-3H3. The topological polar surface area (TPSA) is 34.1 Å².